The molecule has 0 saturated heterocycles. The summed E-state index contributed by atoms with van der Waals surface area (Å²) in [7, 11) is 7.24. The standard InChI is InChI=1S/C14H17N3O/c1-16(2)14(17(3)4)12(10-15)13(18)11-8-6-5-7-9-11/h5-9H,1-4H3. The van der Waals surface area contributed by atoms with Crippen LogP contribution in [0.1, 0.15) is 10.4 Å². The molecule has 0 unspecified atom stereocenters. The predicted molar refractivity (Wildman–Crippen MR) is 70.8 cm³/mol. The summed E-state index contributed by atoms with van der Waals surface area (Å²) in [6, 6.07) is 10.8. The van der Waals surface area contributed by atoms with Gasteiger partial charge in [0.05, 0.1) is 0 Å². The van der Waals surface area contributed by atoms with Crippen molar-refractivity contribution in [3.05, 3.63) is 47.3 Å². The van der Waals surface area contributed by atoms with Crippen LogP contribution in [0.15, 0.2) is 41.7 Å². The maximum absolute atomic E-state index is 12.3. The monoisotopic (exact) mass is 243 g/mol. The zero-order chi connectivity index (χ0) is 13.7. The molecule has 94 valence electrons. The molecular weight excluding hydrogens is 226 g/mol. The highest BCUT2D eigenvalue weighted by Crippen LogP contribution is 2.15. The van der Waals surface area contributed by atoms with E-state index in [0.717, 1.165) is 0 Å². The van der Waals surface area contributed by atoms with Crippen molar-refractivity contribution in [2.24, 2.45) is 0 Å². The molecular formula is C14H17N3O. The number of benzene rings is 1. The largest absolute Gasteiger partial charge is 0.363 e. The summed E-state index contributed by atoms with van der Waals surface area (Å²) in [4.78, 5) is 15.8. The minimum Gasteiger partial charge on any atom is -0.363 e. The normalized spacial score (nSPS) is 9.28. The van der Waals surface area contributed by atoms with Gasteiger partial charge in [0.15, 0.2) is 0 Å². The van der Waals surface area contributed by atoms with Crippen LogP contribution >= 0.6 is 0 Å². The Morgan fingerprint density at radius 1 is 1.06 bits per heavy atom. The lowest BCUT2D eigenvalue weighted by atomic mass is 10.0. The van der Waals surface area contributed by atoms with E-state index in [-0.39, 0.29) is 11.4 Å². The second kappa shape index (κ2) is 5.87. The van der Waals surface area contributed by atoms with E-state index in [0.29, 0.717) is 11.4 Å². The molecule has 0 bridgehead atoms. The van der Waals surface area contributed by atoms with Crippen molar-refractivity contribution in [2.75, 3.05) is 28.2 Å². The zero-order valence-electron chi connectivity index (χ0n) is 11.1. The lowest BCUT2D eigenvalue weighted by Gasteiger charge is -2.25. The van der Waals surface area contributed by atoms with Gasteiger partial charge in [-0.3, -0.25) is 4.79 Å². The van der Waals surface area contributed by atoms with Crippen LogP contribution in [0.4, 0.5) is 0 Å². The van der Waals surface area contributed by atoms with Gasteiger partial charge in [0.2, 0.25) is 5.78 Å². The van der Waals surface area contributed by atoms with E-state index in [2.05, 4.69) is 0 Å². The van der Waals surface area contributed by atoms with Crippen LogP contribution in [0, 0.1) is 11.3 Å². The number of hydrogen-bond acceptors (Lipinski definition) is 4. The molecule has 0 spiro atoms. The molecule has 1 rings (SSSR count). The molecule has 0 aromatic heterocycles. The van der Waals surface area contributed by atoms with Crippen LogP contribution in [0.25, 0.3) is 0 Å². The van der Waals surface area contributed by atoms with Gasteiger partial charge in [-0.05, 0) is 0 Å². The number of carbonyl (C=O) groups excluding carboxylic acids is 1. The quantitative estimate of drug-likeness (QED) is 0.459. The Hall–Kier alpha value is -2.28. The molecule has 18 heavy (non-hydrogen) atoms. The summed E-state index contributed by atoms with van der Waals surface area (Å²) in [5.74, 6) is 0.349. The van der Waals surface area contributed by atoms with Gasteiger partial charge in [0.25, 0.3) is 0 Å². The number of rotatable bonds is 4. The van der Waals surface area contributed by atoms with Gasteiger partial charge < -0.3 is 9.80 Å². The average molecular weight is 243 g/mol. The number of hydrogen-bond donors (Lipinski definition) is 0. The average Bonchev–Trinajstić information content (AvgIpc) is 2.35. The van der Waals surface area contributed by atoms with Gasteiger partial charge in [-0.1, -0.05) is 30.3 Å². The molecule has 0 N–H and O–H groups in total. The van der Waals surface area contributed by atoms with E-state index in [1.54, 1.807) is 34.1 Å². The fourth-order valence-electron chi connectivity index (χ4n) is 1.78. The Labute approximate surface area is 108 Å². The van der Waals surface area contributed by atoms with E-state index in [9.17, 15) is 10.1 Å². The van der Waals surface area contributed by atoms with Crippen LogP contribution in [-0.2, 0) is 0 Å². The molecule has 0 aliphatic carbocycles. The Kier molecular flexibility index (Phi) is 4.50. The molecule has 1 aromatic rings. The number of nitrogens with zero attached hydrogens (tertiary/aromatic N) is 3. The third-order valence-electron chi connectivity index (χ3n) is 2.45. The Balaban J connectivity index is 3.30. The lowest BCUT2D eigenvalue weighted by molar-refractivity contribution is 0.103. The van der Waals surface area contributed by atoms with Gasteiger partial charge >= 0.3 is 0 Å². The first-order valence-corrected chi connectivity index (χ1v) is 5.57. The summed E-state index contributed by atoms with van der Waals surface area (Å²) in [6.07, 6.45) is 0. The Morgan fingerprint density at radius 3 is 1.94 bits per heavy atom. The van der Waals surface area contributed by atoms with Crippen LogP contribution in [0.3, 0.4) is 0 Å². The van der Waals surface area contributed by atoms with Crippen molar-refractivity contribution in [2.45, 2.75) is 0 Å². The smallest absolute Gasteiger partial charge is 0.207 e. The van der Waals surface area contributed by atoms with Crippen molar-refractivity contribution >= 4 is 5.78 Å². The molecule has 1 aromatic carbocycles. The number of allylic oxidation sites excluding steroid dienone is 1. The minimum atomic E-state index is -0.254. The van der Waals surface area contributed by atoms with E-state index >= 15 is 0 Å². The number of nitriles is 1. The lowest BCUT2D eigenvalue weighted by Crippen LogP contribution is -2.28. The SMILES string of the molecule is CN(C)C(=C(C#N)C(=O)c1ccccc1)N(C)C. The number of Topliss-reactive ketones (excluding diaryl/α,β-unsaturated/α-hetero) is 1. The van der Waals surface area contributed by atoms with Crippen LogP contribution in [-0.4, -0.2) is 43.8 Å². The van der Waals surface area contributed by atoms with Crippen molar-refractivity contribution in [3.63, 3.8) is 0 Å². The Bertz CT molecular complexity index is 486. The van der Waals surface area contributed by atoms with Gasteiger partial charge in [0.1, 0.15) is 17.5 Å². The maximum atomic E-state index is 12.3. The molecule has 4 nitrogen and oxygen atoms in total. The first kappa shape index (κ1) is 13.8. The highest BCUT2D eigenvalue weighted by atomic mass is 16.1. The highest BCUT2D eigenvalue weighted by molar-refractivity contribution is 6.11. The maximum Gasteiger partial charge on any atom is 0.207 e. The molecule has 0 heterocycles. The topological polar surface area (TPSA) is 47.3 Å². The molecule has 0 amide bonds. The summed E-state index contributed by atoms with van der Waals surface area (Å²) in [5.41, 5.74) is 0.673. The molecule has 0 aliphatic heterocycles. The summed E-state index contributed by atoms with van der Waals surface area (Å²) in [5, 5.41) is 9.24. The number of ketones is 1. The summed E-state index contributed by atoms with van der Waals surface area (Å²) in [6.45, 7) is 0. The molecule has 0 radical (unpaired) electrons. The molecule has 0 atom stereocenters. The molecule has 0 saturated carbocycles. The predicted octanol–water partition coefficient (Wildman–Crippen LogP) is 1.73. The third kappa shape index (κ3) is 2.89. The third-order valence-corrected chi connectivity index (χ3v) is 2.45. The van der Waals surface area contributed by atoms with Crippen molar-refractivity contribution in [1.82, 2.24) is 9.80 Å². The van der Waals surface area contributed by atoms with E-state index < -0.39 is 0 Å². The van der Waals surface area contributed by atoms with Gasteiger partial charge in [0, 0.05) is 33.8 Å². The first-order valence-electron chi connectivity index (χ1n) is 5.57. The summed E-state index contributed by atoms with van der Waals surface area (Å²) >= 11 is 0. The highest BCUT2D eigenvalue weighted by Gasteiger charge is 2.19. The fourth-order valence-corrected chi connectivity index (χ4v) is 1.78. The van der Waals surface area contributed by atoms with E-state index in [1.807, 2.05) is 40.3 Å². The van der Waals surface area contributed by atoms with Gasteiger partial charge in [-0.15, -0.1) is 0 Å². The molecule has 0 fully saturated rings. The zero-order valence-corrected chi connectivity index (χ0v) is 11.1. The first-order chi connectivity index (χ1) is 8.49. The van der Waals surface area contributed by atoms with Gasteiger partial charge in [-0.2, -0.15) is 5.26 Å². The molecule has 4 heteroatoms. The Morgan fingerprint density at radius 2 is 1.56 bits per heavy atom. The second-order valence-corrected chi connectivity index (χ2v) is 4.29. The fraction of sp³-hybridized carbons (Fsp3) is 0.286. The van der Waals surface area contributed by atoms with E-state index in [1.165, 1.54) is 0 Å². The summed E-state index contributed by atoms with van der Waals surface area (Å²) < 4.78 is 0. The van der Waals surface area contributed by atoms with Crippen LogP contribution in [0.2, 0.25) is 0 Å². The van der Waals surface area contributed by atoms with E-state index in [4.69, 9.17) is 0 Å². The van der Waals surface area contributed by atoms with Crippen molar-refractivity contribution in [1.29, 1.82) is 5.26 Å². The second-order valence-electron chi connectivity index (χ2n) is 4.29. The van der Waals surface area contributed by atoms with Crippen molar-refractivity contribution < 1.29 is 4.79 Å². The minimum absolute atomic E-state index is 0.149. The van der Waals surface area contributed by atoms with Crippen molar-refractivity contribution in [3.8, 4) is 6.07 Å². The van der Waals surface area contributed by atoms with Crippen LogP contribution in [0.5, 0.6) is 0 Å². The molecule has 0 aliphatic rings. The van der Waals surface area contributed by atoms with Crippen LogP contribution < -0.4 is 0 Å². The van der Waals surface area contributed by atoms with Gasteiger partial charge in [-0.25, -0.2) is 0 Å². The number of carbonyl (C=O) groups is 1.